The average Bonchev–Trinajstić information content (AvgIpc) is 3.05. The second-order valence-corrected chi connectivity index (χ2v) is 7.24. The SMILES string of the molecule is CCNC(=NCCc1csc(C)n1)N1CCC(C)(CC)C1.I. The summed E-state index contributed by atoms with van der Waals surface area (Å²) in [5.74, 6) is 1.07. The normalized spacial score (nSPS) is 21.8. The van der Waals surface area contributed by atoms with Crippen LogP contribution in [0.1, 0.15) is 44.3 Å². The van der Waals surface area contributed by atoms with Crippen LogP contribution in [-0.2, 0) is 6.42 Å². The van der Waals surface area contributed by atoms with Crippen LogP contribution in [0.3, 0.4) is 0 Å². The summed E-state index contributed by atoms with van der Waals surface area (Å²) >= 11 is 1.72. The Bertz CT molecular complexity index is 488. The summed E-state index contributed by atoms with van der Waals surface area (Å²) in [4.78, 5) is 11.7. The summed E-state index contributed by atoms with van der Waals surface area (Å²) in [7, 11) is 0. The van der Waals surface area contributed by atoms with E-state index in [2.05, 4.69) is 48.3 Å². The van der Waals surface area contributed by atoms with Crippen molar-refractivity contribution in [3.05, 3.63) is 16.1 Å². The van der Waals surface area contributed by atoms with Gasteiger partial charge in [0.25, 0.3) is 0 Å². The predicted octanol–water partition coefficient (Wildman–Crippen LogP) is 3.70. The smallest absolute Gasteiger partial charge is 0.193 e. The van der Waals surface area contributed by atoms with Crippen molar-refractivity contribution < 1.29 is 0 Å². The first-order chi connectivity index (χ1) is 10.1. The highest BCUT2D eigenvalue weighted by Crippen LogP contribution is 2.32. The van der Waals surface area contributed by atoms with Gasteiger partial charge in [0.05, 0.1) is 10.7 Å². The van der Waals surface area contributed by atoms with E-state index in [1.54, 1.807) is 11.3 Å². The first-order valence-corrected chi connectivity index (χ1v) is 8.88. The molecule has 0 radical (unpaired) electrons. The van der Waals surface area contributed by atoms with Crippen LogP contribution in [0.2, 0.25) is 0 Å². The van der Waals surface area contributed by atoms with Crippen molar-refractivity contribution in [3.8, 4) is 0 Å². The third kappa shape index (κ3) is 5.37. The van der Waals surface area contributed by atoms with E-state index in [1.165, 1.54) is 12.8 Å². The van der Waals surface area contributed by atoms with Crippen molar-refractivity contribution in [1.29, 1.82) is 0 Å². The minimum Gasteiger partial charge on any atom is -0.357 e. The molecule has 2 rings (SSSR count). The predicted molar refractivity (Wildman–Crippen MR) is 107 cm³/mol. The van der Waals surface area contributed by atoms with E-state index in [9.17, 15) is 0 Å². The largest absolute Gasteiger partial charge is 0.357 e. The van der Waals surface area contributed by atoms with Crippen molar-refractivity contribution in [2.24, 2.45) is 10.4 Å². The number of thiazole rings is 1. The van der Waals surface area contributed by atoms with Gasteiger partial charge in [-0.05, 0) is 32.1 Å². The van der Waals surface area contributed by atoms with E-state index >= 15 is 0 Å². The molecule has 1 aromatic rings. The Morgan fingerprint density at radius 3 is 2.82 bits per heavy atom. The van der Waals surface area contributed by atoms with Gasteiger partial charge in [-0.3, -0.25) is 4.99 Å². The molecule has 1 N–H and O–H groups in total. The van der Waals surface area contributed by atoms with E-state index in [-0.39, 0.29) is 24.0 Å². The lowest BCUT2D eigenvalue weighted by atomic mass is 9.87. The van der Waals surface area contributed by atoms with Crippen LogP contribution < -0.4 is 5.32 Å². The highest BCUT2D eigenvalue weighted by molar-refractivity contribution is 14.0. The van der Waals surface area contributed by atoms with E-state index in [4.69, 9.17) is 4.99 Å². The zero-order chi connectivity index (χ0) is 15.3. The molecule has 1 unspecified atom stereocenters. The highest BCUT2D eigenvalue weighted by Gasteiger charge is 2.33. The maximum atomic E-state index is 4.80. The molecule has 0 bridgehead atoms. The van der Waals surface area contributed by atoms with Gasteiger partial charge in [-0.2, -0.15) is 0 Å². The number of nitrogens with one attached hydrogen (secondary N) is 1. The van der Waals surface area contributed by atoms with Crippen LogP contribution in [-0.4, -0.2) is 42.0 Å². The van der Waals surface area contributed by atoms with Crippen molar-refractivity contribution in [3.63, 3.8) is 0 Å². The van der Waals surface area contributed by atoms with Gasteiger partial charge in [0.15, 0.2) is 5.96 Å². The van der Waals surface area contributed by atoms with E-state index in [1.807, 2.05) is 0 Å². The lowest BCUT2D eigenvalue weighted by Crippen LogP contribution is -2.41. The fraction of sp³-hybridized carbons (Fsp3) is 0.750. The van der Waals surface area contributed by atoms with Gasteiger partial charge in [-0.15, -0.1) is 35.3 Å². The third-order valence-electron chi connectivity index (χ3n) is 4.34. The molecule has 4 nitrogen and oxygen atoms in total. The monoisotopic (exact) mass is 436 g/mol. The number of aryl methyl sites for hydroxylation is 1. The third-order valence-corrected chi connectivity index (χ3v) is 5.16. The van der Waals surface area contributed by atoms with Gasteiger partial charge in [-0.1, -0.05) is 13.8 Å². The molecule has 22 heavy (non-hydrogen) atoms. The average molecular weight is 436 g/mol. The lowest BCUT2D eigenvalue weighted by molar-refractivity contribution is 0.322. The standard InChI is InChI=1S/C16H28N4S.HI/c1-5-16(4)8-10-20(12-16)15(17-6-2)18-9-7-14-11-21-13(3)19-14;/h11H,5-10,12H2,1-4H3,(H,17,18);1H. The summed E-state index contributed by atoms with van der Waals surface area (Å²) in [5.41, 5.74) is 1.61. The molecule has 1 aliphatic heterocycles. The van der Waals surface area contributed by atoms with Crippen molar-refractivity contribution >= 4 is 41.3 Å². The molecule has 0 amide bonds. The van der Waals surface area contributed by atoms with Crippen molar-refractivity contribution in [1.82, 2.24) is 15.2 Å². The number of hydrogen-bond donors (Lipinski definition) is 1. The summed E-state index contributed by atoms with van der Waals surface area (Å²) < 4.78 is 0. The number of halogens is 1. The van der Waals surface area contributed by atoms with E-state index < -0.39 is 0 Å². The Balaban J connectivity index is 0.00000242. The number of likely N-dealkylation sites (tertiary alicyclic amines) is 1. The molecule has 6 heteroatoms. The molecule has 0 aliphatic carbocycles. The molecule has 1 aliphatic rings. The Kier molecular flexibility index (Phi) is 8.10. The Morgan fingerprint density at radius 1 is 1.50 bits per heavy atom. The first kappa shape index (κ1) is 19.7. The molecule has 0 spiro atoms. The van der Waals surface area contributed by atoms with Gasteiger partial charge in [-0.25, -0.2) is 4.98 Å². The van der Waals surface area contributed by atoms with E-state index in [0.29, 0.717) is 5.41 Å². The number of nitrogens with zero attached hydrogens (tertiary/aromatic N) is 3. The van der Waals surface area contributed by atoms with Crippen molar-refractivity contribution in [2.45, 2.75) is 47.0 Å². The number of rotatable bonds is 5. The Hall–Kier alpha value is -0.370. The van der Waals surface area contributed by atoms with Crippen LogP contribution in [0, 0.1) is 12.3 Å². The number of guanidine groups is 1. The van der Waals surface area contributed by atoms with Gasteiger partial charge < -0.3 is 10.2 Å². The maximum absolute atomic E-state index is 4.80. The van der Waals surface area contributed by atoms with Gasteiger partial charge in [0.2, 0.25) is 0 Å². The first-order valence-electron chi connectivity index (χ1n) is 8.00. The highest BCUT2D eigenvalue weighted by atomic mass is 127. The van der Waals surface area contributed by atoms with Gasteiger partial charge >= 0.3 is 0 Å². The molecule has 1 fully saturated rings. The molecular weight excluding hydrogens is 407 g/mol. The molecule has 126 valence electrons. The zero-order valence-electron chi connectivity index (χ0n) is 14.2. The fourth-order valence-electron chi connectivity index (χ4n) is 2.72. The molecule has 0 saturated carbocycles. The topological polar surface area (TPSA) is 40.5 Å². The van der Waals surface area contributed by atoms with Gasteiger partial charge in [0, 0.05) is 38.0 Å². The van der Waals surface area contributed by atoms with Crippen LogP contribution in [0.15, 0.2) is 10.4 Å². The van der Waals surface area contributed by atoms with Crippen molar-refractivity contribution in [2.75, 3.05) is 26.2 Å². The molecular formula is C16H29IN4S. The molecule has 0 aromatic carbocycles. The summed E-state index contributed by atoms with van der Waals surface area (Å²) in [6.07, 6.45) is 3.43. The minimum atomic E-state index is 0. The second kappa shape index (κ2) is 9.05. The lowest BCUT2D eigenvalue weighted by Gasteiger charge is -2.25. The molecule has 2 heterocycles. The summed E-state index contributed by atoms with van der Waals surface area (Å²) in [5, 5.41) is 6.71. The molecule has 1 aromatic heterocycles. The van der Waals surface area contributed by atoms with Crippen LogP contribution in [0.5, 0.6) is 0 Å². The number of hydrogen-bond acceptors (Lipinski definition) is 3. The fourth-order valence-corrected chi connectivity index (χ4v) is 3.37. The summed E-state index contributed by atoms with van der Waals surface area (Å²) in [6.45, 7) is 12.8. The zero-order valence-corrected chi connectivity index (χ0v) is 17.3. The summed E-state index contributed by atoms with van der Waals surface area (Å²) in [6, 6.07) is 0. The van der Waals surface area contributed by atoms with Crippen LogP contribution >= 0.6 is 35.3 Å². The van der Waals surface area contributed by atoms with Gasteiger partial charge in [0.1, 0.15) is 0 Å². The quantitative estimate of drug-likeness (QED) is 0.435. The minimum absolute atomic E-state index is 0. The Labute approximate surface area is 155 Å². The second-order valence-electron chi connectivity index (χ2n) is 6.18. The maximum Gasteiger partial charge on any atom is 0.193 e. The molecule has 1 saturated heterocycles. The number of aromatic nitrogens is 1. The van der Waals surface area contributed by atoms with Crippen LogP contribution in [0.25, 0.3) is 0 Å². The van der Waals surface area contributed by atoms with Crippen LogP contribution in [0.4, 0.5) is 0 Å². The molecule has 1 atom stereocenters. The number of aliphatic imine (C=N–C) groups is 1. The Morgan fingerprint density at radius 2 is 2.27 bits per heavy atom. The van der Waals surface area contributed by atoms with E-state index in [0.717, 1.165) is 49.3 Å².